The van der Waals surface area contributed by atoms with Crippen molar-refractivity contribution in [2.75, 3.05) is 26.7 Å². The minimum atomic E-state index is -0.329. The molecule has 0 spiro atoms. The summed E-state index contributed by atoms with van der Waals surface area (Å²) in [4.78, 5) is 23.5. The first-order valence-corrected chi connectivity index (χ1v) is 4.88. The van der Waals surface area contributed by atoms with Gasteiger partial charge in [-0.3, -0.25) is 9.59 Å². The maximum absolute atomic E-state index is 11.3. The summed E-state index contributed by atoms with van der Waals surface area (Å²) in [6.07, 6.45) is 0. The molecule has 15 heavy (non-hydrogen) atoms. The SMILES string of the molecule is CC(=O)N(C)CC(=O)NCC(C)(C)CO. The van der Waals surface area contributed by atoms with Gasteiger partial charge >= 0.3 is 0 Å². The zero-order valence-electron chi connectivity index (χ0n) is 9.83. The summed E-state index contributed by atoms with van der Waals surface area (Å²) in [7, 11) is 1.57. The molecule has 0 saturated heterocycles. The Labute approximate surface area is 90.5 Å². The number of carbonyl (C=O) groups is 2. The van der Waals surface area contributed by atoms with Crippen molar-refractivity contribution in [3.05, 3.63) is 0 Å². The van der Waals surface area contributed by atoms with Crippen LogP contribution in [-0.2, 0) is 9.59 Å². The number of hydrogen-bond acceptors (Lipinski definition) is 3. The third-order valence-electron chi connectivity index (χ3n) is 2.11. The molecule has 0 bridgehead atoms. The van der Waals surface area contributed by atoms with Crippen LogP contribution < -0.4 is 5.32 Å². The van der Waals surface area contributed by atoms with Gasteiger partial charge in [-0.15, -0.1) is 0 Å². The average molecular weight is 216 g/mol. The molecule has 2 N–H and O–H groups in total. The summed E-state index contributed by atoms with van der Waals surface area (Å²) in [6, 6.07) is 0. The molecule has 2 amide bonds. The number of likely N-dealkylation sites (N-methyl/N-ethyl adjacent to an activating group) is 1. The van der Waals surface area contributed by atoms with Gasteiger partial charge in [-0.2, -0.15) is 0 Å². The van der Waals surface area contributed by atoms with Crippen molar-refractivity contribution < 1.29 is 14.7 Å². The lowest BCUT2D eigenvalue weighted by molar-refractivity contribution is -0.133. The van der Waals surface area contributed by atoms with Crippen LogP contribution in [0.4, 0.5) is 0 Å². The number of aliphatic hydroxyl groups is 1. The van der Waals surface area contributed by atoms with Crippen molar-refractivity contribution >= 4 is 11.8 Å². The van der Waals surface area contributed by atoms with Gasteiger partial charge in [-0.25, -0.2) is 0 Å². The molecule has 88 valence electrons. The maximum Gasteiger partial charge on any atom is 0.239 e. The standard InChI is InChI=1S/C10H20N2O3/c1-8(14)12(4)5-9(15)11-6-10(2,3)7-13/h13H,5-7H2,1-4H3,(H,11,15). The number of hydrogen-bond donors (Lipinski definition) is 2. The average Bonchev–Trinajstić information content (AvgIpc) is 2.15. The Kier molecular flexibility index (Phi) is 5.28. The Morgan fingerprint density at radius 1 is 1.40 bits per heavy atom. The van der Waals surface area contributed by atoms with Crippen LogP contribution in [0.15, 0.2) is 0 Å². The smallest absolute Gasteiger partial charge is 0.239 e. The van der Waals surface area contributed by atoms with Crippen molar-refractivity contribution in [1.82, 2.24) is 10.2 Å². The Morgan fingerprint density at radius 3 is 2.33 bits per heavy atom. The van der Waals surface area contributed by atoms with E-state index in [-0.39, 0.29) is 30.4 Å². The van der Waals surface area contributed by atoms with Gasteiger partial charge in [-0.1, -0.05) is 13.8 Å². The van der Waals surface area contributed by atoms with Crippen molar-refractivity contribution in [3.8, 4) is 0 Å². The van der Waals surface area contributed by atoms with Crippen LogP contribution >= 0.6 is 0 Å². The van der Waals surface area contributed by atoms with Crippen molar-refractivity contribution in [2.24, 2.45) is 5.41 Å². The van der Waals surface area contributed by atoms with Crippen molar-refractivity contribution in [1.29, 1.82) is 0 Å². The van der Waals surface area contributed by atoms with Crippen LogP contribution in [0, 0.1) is 5.41 Å². The van der Waals surface area contributed by atoms with E-state index in [4.69, 9.17) is 5.11 Å². The van der Waals surface area contributed by atoms with Crippen LogP contribution in [0.2, 0.25) is 0 Å². The summed E-state index contributed by atoms with van der Waals surface area (Å²) in [5.41, 5.74) is -0.329. The lowest BCUT2D eigenvalue weighted by Gasteiger charge is -2.22. The predicted octanol–water partition coefficient (Wildman–Crippen LogP) is -0.401. The van der Waals surface area contributed by atoms with E-state index >= 15 is 0 Å². The van der Waals surface area contributed by atoms with Crippen LogP contribution in [0.25, 0.3) is 0 Å². The molecule has 0 aromatic heterocycles. The van der Waals surface area contributed by atoms with Crippen molar-refractivity contribution in [3.63, 3.8) is 0 Å². The number of rotatable bonds is 5. The number of carbonyl (C=O) groups excluding carboxylic acids is 2. The molecule has 0 heterocycles. The topological polar surface area (TPSA) is 69.6 Å². The first kappa shape index (κ1) is 13.9. The monoisotopic (exact) mass is 216 g/mol. The summed E-state index contributed by atoms with van der Waals surface area (Å²) < 4.78 is 0. The molecule has 0 atom stereocenters. The Morgan fingerprint density at radius 2 is 1.93 bits per heavy atom. The predicted molar refractivity (Wildman–Crippen MR) is 57.2 cm³/mol. The van der Waals surface area contributed by atoms with E-state index in [2.05, 4.69) is 5.32 Å². The van der Waals surface area contributed by atoms with Gasteiger partial charge in [0.2, 0.25) is 11.8 Å². The molecular formula is C10H20N2O3. The lowest BCUT2D eigenvalue weighted by Crippen LogP contribution is -2.42. The summed E-state index contributed by atoms with van der Waals surface area (Å²) >= 11 is 0. The molecule has 0 fully saturated rings. The Balaban J connectivity index is 3.91. The van der Waals surface area contributed by atoms with Gasteiger partial charge < -0.3 is 15.3 Å². The summed E-state index contributed by atoms with van der Waals surface area (Å²) in [5, 5.41) is 11.6. The lowest BCUT2D eigenvalue weighted by atomic mass is 9.95. The van der Waals surface area contributed by atoms with Gasteiger partial charge in [-0.05, 0) is 0 Å². The van der Waals surface area contributed by atoms with Crippen molar-refractivity contribution in [2.45, 2.75) is 20.8 Å². The fraction of sp³-hybridized carbons (Fsp3) is 0.800. The third kappa shape index (κ3) is 6.06. The Hall–Kier alpha value is -1.10. The molecule has 0 aliphatic carbocycles. The molecular weight excluding hydrogens is 196 g/mol. The fourth-order valence-corrected chi connectivity index (χ4v) is 0.776. The second-order valence-corrected chi connectivity index (χ2v) is 4.47. The molecule has 0 aromatic rings. The number of aliphatic hydroxyl groups excluding tert-OH is 1. The van der Waals surface area contributed by atoms with Gasteiger partial charge in [0, 0.05) is 32.5 Å². The molecule has 0 rings (SSSR count). The molecule has 0 unspecified atom stereocenters. The number of nitrogens with zero attached hydrogens (tertiary/aromatic N) is 1. The van der Waals surface area contributed by atoms with Crippen LogP contribution in [0.5, 0.6) is 0 Å². The zero-order valence-corrected chi connectivity index (χ0v) is 9.83. The number of nitrogens with one attached hydrogen (secondary N) is 1. The maximum atomic E-state index is 11.3. The summed E-state index contributed by atoms with van der Waals surface area (Å²) in [6.45, 7) is 5.57. The molecule has 5 nitrogen and oxygen atoms in total. The minimum absolute atomic E-state index is 0.00975. The van der Waals surface area contributed by atoms with E-state index in [1.807, 2.05) is 13.8 Å². The molecule has 0 aliphatic heterocycles. The van der Waals surface area contributed by atoms with Crippen LogP contribution in [0.3, 0.4) is 0 Å². The van der Waals surface area contributed by atoms with E-state index in [0.717, 1.165) is 0 Å². The second kappa shape index (κ2) is 5.70. The zero-order chi connectivity index (χ0) is 12.1. The highest BCUT2D eigenvalue weighted by molar-refractivity contribution is 5.83. The van der Waals surface area contributed by atoms with Crippen LogP contribution in [-0.4, -0.2) is 48.6 Å². The number of amides is 2. The molecule has 0 saturated carbocycles. The third-order valence-corrected chi connectivity index (χ3v) is 2.11. The quantitative estimate of drug-likeness (QED) is 0.657. The molecule has 0 aromatic carbocycles. The van der Waals surface area contributed by atoms with E-state index in [1.54, 1.807) is 7.05 Å². The molecule has 0 radical (unpaired) electrons. The van der Waals surface area contributed by atoms with Gasteiger partial charge in [0.25, 0.3) is 0 Å². The van der Waals surface area contributed by atoms with Gasteiger partial charge in [0.15, 0.2) is 0 Å². The normalized spacial score (nSPS) is 11.0. The largest absolute Gasteiger partial charge is 0.396 e. The minimum Gasteiger partial charge on any atom is -0.396 e. The van der Waals surface area contributed by atoms with E-state index < -0.39 is 0 Å². The fourth-order valence-electron chi connectivity index (χ4n) is 0.776. The van der Waals surface area contributed by atoms with E-state index in [9.17, 15) is 9.59 Å². The summed E-state index contributed by atoms with van der Waals surface area (Å²) in [5.74, 6) is -0.360. The highest BCUT2D eigenvalue weighted by Crippen LogP contribution is 2.10. The second-order valence-electron chi connectivity index (χ2n) is 4.47. The Bertz CT molecular complexity index is 239. The molecule has 0 aliphatic rings. The van der Waals surface area contributed by atoms with Gasteiger partial charge in [0.1, 0.15) is 0 Å². The van der Waals surface area contributed by atoms with E-state index in [0.29, 0.717) is 6.54 Å². The van der Waals surface area contributed by atoms with E-state index in [1.165, 1.54) is 11.8 Å². The first-order valence-electron chi connectivity index (χ1n) is 4.88. The van der Waals surface area contributed by atoms with Gasteiger partial charge in [0.05, 0.1) is 6.54 Å². The highest BCUT2D eigenvalue weighted by atomic mass is 16.3. The highest BCUT2D eigenvalue weighted by Gasteiger charge is 2.18. The molecule has 5 heteroatoms. The first-order chi connectivity index (χ1) is 6.78. The van der Waals surface area contributed by atoms with Crippen LogP contribution in [0.1, 0.15) is 20.8 Å².